The largest absolute Gasteiger partial charge is 0.481 e. The number of rotatable bonds is 3. The second kappa shape index (κ2) is 4.28. The highest BCUT2D eigenvalue weighted by molar-refractivity contribution is 5.54. The van der Waals surface area contributed by atoms with Crippen molar-refractivity contribution < 1.29 is 4.74 Å². The second-order valence-electron chi connectivity index (χ2n) is 3.54. The molecule has 3 heterocycles. The van der Waals surface area contributed by atoms with Crippen LogP contribution in [0.2, 0.25) is 0 Å². The van der Waals surface area contributed by atoms with E-state index in [1.54, 1.807) is 42.7 Å². The summed E-state index contributed by atoms with van der Waals surface area (Å²) in [4.78, 5) is 12.4. The molecule has 0 bridgehead atoms. The standard InChI is InChI=1S/C11H10N6O/c1-18-9-3-2-8(6-13-9)10-14-11(16-15-10)17-5-4-12-7-17/h2-7H,1H3,(H,14,15,16). The molecule has 7 nitrogen and oxygen atoms in total. The molecule has 0 fully saturated rings. The Kier molecular flexibility index (Phi) is 2.49. The molecule has 0 radical (unpaired) electrons. The highest BCUT2D eigenvalue weighted by atomic mass is 16.5. The maximum Gasteiger partial charge on any atom is 0.254 e. The van der Waals surface area contributed by atoms with E-state index in [0.29, 0.717) is 17.7 Å². The van der Waals surface area contributed by atoms with Crippen molar-refractivity contribution in [1.29, 1.82) is 0 Å². The van der Waals surface area contributed by atoms with Crippen molar-refractivity contribution in [3.8, 4) is 23.2 Å². The predicted octanol–water partition coefficient (Wildman–Crippen LogP) is 1.06. The third-order valence-electron chi connectivity index (χ3n) is 2.43. The molecule has 0 aliphatic heterocycles. The summed E-state index contributed by atoms with van der Waals surface area (Å²) < 4.78 is 6.72. The molecular formula is C11H10N6O. The summed E-state index contributed by atoms with van der Waals surface area (Å²) in [6.45, 7) is 0. The van der Waals surface area contributed by atoms with Crippen LogP contribution in [0.1, 0.15) is 0 Å². The molecule has 18 heavy (non-hydrogen) atoms. The smallest absolute Gasteiger partial charge is 0.254 e. The van der Waals surface area contributed by atoms with Crippen LogP contribution >= 0.6 is 0 Å². The fourth-order valence-electron chi connectivity index (χ4n) is 1.52. The van der Waals surface area contributed by atoms with Crippen LogP contribution in [-0.4, -0.2) is 36.8 Å². The summed E-state index contributed by atoms with van der Waals surface area (Å²) in [6, 6.07) is 3.64. The Morgan fingerprint density at radius 3 is 2.94 bits per heavy atom. The lowest BCUT2D eigenvalue weighted by Crippen LogP contribution is -1.92. The van der Waals surface area contributed by atoms with E-state index in [9.17, 15) is 0 Å². The fourth-order valence-corrected chi connectivity index (χ4v) is 1.52. The monoisotopic (exact) mass is 242 g/mol. The van der Waals surface area contributed by atoms with Gasteiger partial charge in [-0.15, -0.1) is 5.10 Å². The molecule has 0 aromatic carbocycles. The van der Waals surface area contributed by atoms with Crippen LogP contribution in [0.3, 0.4) is 0 Å². The number of nitrogens with zero attached hydrogens (tertiary/aromatic N) is 5. The van der Waals surface area contributed by atoms with Crippen molar-refractivity contribution in [3.05, 3.63) is 37.1 Å². The Morgan fingerprint density at radius 2 is 2.28 bits per heavy atom. The number of H-pyrrole nitrogens is 1. The minimum atomic E-state index is 0.540. The normalized spacial score (nSPS) is 10.5. The van der Waals surface area contributed by atoms with Crippen LogP contribution < -0.4 is 4.74 Å². The van der Waals surface area contributed by atoms with Gasteiger partial charge in [0.25, 0.3) is 5.95 Å². The molecule has 0 aliphatic rings. The van der Waals surface area contributed by atoms with Gasteiger partial charge in [0.05, 0.1) is 7.11 Å². The van der Waals surface area contributed by atoms with E-state index in [1.165, 1.54) is 0 Å². The molecule has 1 N–H and O–H groups in total. The van der Waals surface area contributed by atoms with E-state index in [1.807, 2.05) is 6.07 Å². The van der Waals surface area contributed by atoms with Crippen molar-refractivity contribution >= 4 is 0 Å². The summed E-state index contributed by atoms with van der Waals surface area (Å²) in [5.41, 5.74) is 0.842. The van der Waals surface area contributed by atoms with E-state index in [0.717, 1.165) is 5.56 Å². The van der Waals surface area contributed by atoms with Crippen LogP contribution in [0.15, 0.2) is 37.1 Å². The number of hydrogen-bond acceptors (Lipinski definition) is 5. The maximum absolute atomic E-state index is 5.00. The maximum atomic E-state index is 5.00. The van der Waals surface area contributed by atoms with E-state index < -0.39 is 0 Å². The summed E-state index contributed by atoms with van der Waals surface area (Å²) in [5, 5.41) is 6.96. The van der Waals surface area contributed by atoms with E-state index >= 15 is 0 Å². The number of imidazole rings is 1. The zero-order valence-corrected chi connectivity index (χ0v) is 9.61. The molecule has 3 aromatic heterocycles. The molecule has 0 saturated heterocycles. The molecule has 7 heteroatoms. The number of hydrogen-bond donors (Lipinski definition) is 1. The summed E-state index contributed by atoms with van der Waals surface area (Å²) in [6.07, 6.45) is 6.76. The van der Waals surface area contributed by atoms with Crippen LogP contribution in [0.25, 0.3) is 17.3 Å². The first-order valence-corrected chi connectivity index (χ1v) is 5.28. The SMILES string of the molecule is COc1ccc(-c2nc(-n3ccnc3)n[nH]2)cn1. The van der Waals surface area contributed by atoms with Gasteiger partial charge in [-0.3, -0.25) is 9.67 Å². The Labute approximate surface area is 102 Å². The lowest BCUT2D eigenvalue weighted by Gasteiger charge is -1.98. The topological polar surface area (TPSA) is 81.5 Å². The van der Waals surface area contributed by atoms with E-state index in [-0.39, 0.29) is 0 Å². The summed E-state index contributed by atoms with van der Waals surface area (Å²) in [5.74, 6) is 1.75. The van der Waals surface area contributed by atoms with Crippen molar-refractivity contribution in [2.45, 2.75) is 0 Å². The minimum Gasteiger partial charge on any atom is -0.481 e. The van der Waals surface area contributed by atoms with Gasteiger partial charge in [-0.05, 0) is 6.07 Å². The van der Waals surface area contributed by atoms with Gasteiger partial charge in [0.1, 0.15) is 6.33 Å². The van der Waals surface area contributed by atoms with E-state index in [2.05, 4.69) is 25.1 Å². The number of aromatic nitrogens is 6. The third kappa shape index (κ3) is 1.81. The zero-order chi connectivity index (χ0) is 12.4. The first-order valence-electron chi connectivity index (χ1n) is 5.28. The summed E-state index contributed by atoms with van der Waals surface area (Å²) >= 11 is 0. The molecule has 0 spiro atoms. The highest BCUT2D eigenvalue weighted by Crippen LogP contribution is 2.16. The number of methoxy groups -OCH3 is 1. The van der Waals surface area contributed by atoms with Gasteiger partial charge in [0.2, 0.25) is 5.88 Å². The van der Waals surface area contributed by atoms with Crippen LogP contribution in [0.5, 0.6) is 5.88 Å². The Hall–Kier alpha value is -2.70. The Bertz CT molecular complexity index is 628. The molecular weight excluding hydrogens is 232 g/mol. The molecule has 0 aliphatic carbocycles. The lowest BCUT2D eigenvalue weighted by atomic mass is 10.3. The van der Waals surface area contributed by atoms with E-state index in [4.69, 9.17) is 4.74 Å². The van der Waals surface area contributed by atoms with Crippen molar-refractivity contribution in [2.75, 3.05) is 7.11 Å². The Morgan fingerprint density at radius 1 is 1.33 bits per heavy atom. The highest BCUT2D eigenvalue weighted by Gasteiger charge is 2.07. The average molecular weight is 242 g/mol. The molecule has 0 atom stereocenters. The predicted molar refractivity (Wildman–Crippen MR) is 63.3 cm³/mol. The second-order valence-corrected chi connectivity index (χ2v) is 3.54. The Balaban J connectivity index is 1.92. The number of nitrogens with one attached hydrogen (secondary N) is 1. The van der Waals surface area contributed by atoms with Crippen LogP contribution in [-0.2, 0) is 0 Å². The molecule has 0 saturated carbocycles. The lowest BCUT2D eigenvalue weighted by molar-refractivity contribution is 0.398. The van der Waals surface area contributed by atoms with Gasteiger partial charge >= 0.3 is 0 Å². The van der Waals surface area contributed by atoms with Gasteiger partial charge in [0, 0.05) is 30.2 Å². The number of aromatic amines is 1. The molecule has 0 amide bonds. The van der Waals surface area contributed by atoms with Gasteiger partial charge in [-0.1, -0.05) is 0 Å². The zero-order valence-electron chi connectivity index (χ0n) is 9.61. The summed E-state index contributed by atoms with van der Waals surface area (Å²) in [7, 11) is 1.58. The van der Waals surface area contributed by atoms with Gasteiger partial charge in [-0.2, -0.15) is 4.98 Å². The molecule has 90 valence electrons. The quantitative estimate of drug-likeness (QED) is 0.742. The first kappa shape index (κ1) is 10.5. The third-order valence-corrected chi connectivity index (χ3v) is 2.43. The fraction of sp³-hybridized carbons (Fsp3) is 0.0909. The van der Waals surface area contributed by atoms with Gasteiger partial charge < -0.3 is 4.74 Å². The van der Waals surface area contributed by atoms with Crippen molar-refractivity contribution in [1.82, 2.24) is 29.7 Å². The first-order chi connectivity index (χ1) is 8.86. The van der Waals surface area contributed by atoms with Crippen LogP contribution in [0, 0.1) is 0 Å². The van der Waals surface area contributed by atoms with Gasteiger partial charge in [0.15, 0.2) is 5.82 Å². The molecule has 0 unspecified atom stereocenters. The molecule has 3 rings (SSSR count). The van der Waals surface area contributed by atoms with Crippen molar-refractivity contribution in [2.24, 2.45) is 0 Å². The average Bonchev–Trinajstić information content (AvgIpc) is 3.09. The molecule has 3 aromatic rings. The number of pyridine rings is 1. The number of ether oxygens (including phenoxy) is 1. The minimum absolute atomic E-state index is 0.540. The van der Waals surface area contributed by atoms with Crippen LogP contribution in [0.4, 0.5) is 0 Å². The van der Waals surface area contributed by atoms with Gasteiger partial charge in [-0.25, -0.2) is 9.97 Å². The van der Waals surface area contributed by atoms with Crippen molar-refractivity contribution in [3.63, 3.8) is 0 Å².